The second-order valence-electron chi connectivity index (χ2n) is 12.2. The van der Waals surface area contributed by atoms with Crippen molar-refractivity contribution in [1.29, 1.82) is 0 Å². The van der Waals surface area contributed by atoms with Crippen LogP contribution in [0.5, 0.6) is 0 Å². The molecule has 9 atom stereocenters. The van der Waals surface area contributed by atoms with Gasteiger partial charge in [-0.1, -0.05) is 51.5 Å². The summed E-state index contributed by atoms with van der Waals surface area (Å²) in [6.07, 6.45) is 11.0. The minimum atomic E-state index is -0.301. The third-order valence-electron chi connectivity index (χ3n) is 10.6. The van der Waals surface area contributed by atoms with Gasteiger partial charge in [0.2, 0.25) is 0 Å². The van der Waals surface area contributed by atoms with Crippen LogP contribution in [0, 0.1) is 46.3 Å². The van der Waals surface area contributed by atoms with Gasteiger partial charge >= 0.3 is 0 Å². The molecule has 0 aromatic carbocycles. The normalized spacial score (nSPS) is 45.5. The molecule has 0 aliphatic heterocycles. The highest BCUT2D eigenvalue weighted by atomic mass is 16.3. The molecule has 0 radical (unpaired) electrons. The van der Waals surface area contributed by atoms with Gasteiger partial charge in [0.05, 0.1) is 12.2 Å². The molecule has 4 aliphatic carbocycles. The maximum atomic E-state index is 11.3. The fourth-order valence-electron chi connectivity index (χ4n) is 8.63. The molecule has 0 spiro atoms. The second-order valence-corrected chi connectivity index (χ2v) is 12.2. The lowest BCUT2D eigenvalue weighted by molar-refractivity contribution is -0.0955. The first-order chi connectivity index (χ1) is 14.6. The maximum Gasteiger partial charge on any atom is 0.0580 e. The van der Waals surface area contributed by atoms with Crippen LogP contribution in [0.3, 0.4) is 0 Å². The molecule has 4 rings (SSSR count). The summed E-state index contributed by atoms with van der Waals surface area (Å²) in [4.78, 5) is 0. The van der Waals surface area contributed by atoms with Gasteiger partial charge in [0, 0.05) is 12.0 Å². The van der Waals surface area contributed by atoms with E-state index in [1.165, 1.54) is 11.1 Å². The lowest BCUT2D eigenvalue weighted by atomic mass is 9.46. The summed E-state index contributed by atoms with van der Waals surface area (Å²) in [7, 11) is 0. The van der Waals surface area contributed by atoms with Gasteiger partial charge in [0.15, 0.2) is 0 Å². The standard InChI is InChI=1S/C28H46O3/c1-17(2)18(3)6-7-19(4)26-25(31)15-24-22-9-8-20-14-21(30)10-12-27(20,5)23(22)11-13-28(24,26)16-29/h8,17,19,21-26,29-31H,3,6-7,9-16H2,1-2,4-5H3/t19-,21+,22-,23+,24+,25+,26+,27+,28-/m1/s1. The largest absolute Gasteiger partial charge is 0.396 e. The summed E-state index contributed by atoms with van der Waals surface area (Å²) in [5.41, 5.74) is 2.86. The van der Waals surface area contributed by atoms with E-state index >= 15 is 0 Å². The van der Waals surface area contributed by atoms with E-state index in [1.807, 2.05) is 0 Å². The van der Waals surface area contributed by atoms with Crippen LogP contribution in [0.25, 0.3) is 0 Å². The molecule has 0 bridgehead atoms. The molecule has 31 heavy (non-hydrogen) atoms. The topological polar surface area (TPSA) is 60.7 Å². The smallest absolute Gasteiger partial charge is 0.0580 e. The Morgan fingerprint density at radius 2 is 1.90 bits per heavy atom. The second kappa shape index (κ2) is 8.61. The van der Waals surface area contributed by atoms with E-state index < -0.39 is 0 Å². The van der Waals surface area contributed by atoms with Crippen molar-refractivity contribution in [3.63, 3.8) is 0 Å². The molecule has 0 saturated heterocycles. The van der Waals surface area contributed by atoms with Crippen molar-refractivity contribution in [3.8, 4) is 0 Å². The van der Waals surface area contributed by atoms with Crippen LogP contribution in [0.4, 0.5) is 0 Å². The van der Waals surface area contributed by atoms with Crippen LogP contribution < -0.4 is 0 Å². The van der Waals surface area contributed by atoms with Crippen molar-refractivity contribution < 1.29 is 15.3 Å². The molecule has 0 aromatic heterocycles. The number of hydrogen-bond donors (Lipinski definition) is 3. The van der Waals surface area contributed by atoms with Crippen LogP contribution >= 0.6 is 0 Å². The molecule has 4 aliphatic rings. The van der Waals surface area contributed by atoms with Crippen molar-refractivity contribution in [2.24, 2.45) is 46.3 Å². The zero-order valence-electron chi connectivity index (χ0n) is 20.3. The molecule has 3 heteroatoms. The number of aliphatic hydroxyl groups excluding tert-OH is 3. The van der Waals surface area contributed by atoms with Gasteiger partial charge in [-0.05, 0) is 98.7 Å². The molecule has 0 heterocycles. The zero-order valence-corrected chi connectivity index (χ0v) is 20.3. The molecule has 0 aromatic rings. The first-order valence-corrected chi connectivity index (χ1v) is 13.0. The maximum absolute atomic E-state index is 11.3. The molecular weight excluding hydrogens is 384 g/mol. The first-order valence-electron chi connectivity index (χ1n) is 13.0. The Kier molecular flexibility index (Phi) is 6.53. The summed E-state index contributed by atoms with van der Waals surface area (Å²) in [5, 5.41) is 32.3. The van der Waals surface area contributed by atoms with Crippen LogP contribution in [0.2, 0.25) is 0 Å². The first kappa shape index (κ1) is 23.5. The van der Waals surface area contributed by atoms with Gasteiger partial charge in [-0.25, -0.2) is 0 Å². The summed E-state index contributed by atoms with van der Waals surface area (Å²) in [5.74, 6) is 2.69. The van der Waals surface area contributed by atoms with E-state index in [4.69, 9.17) is 0 Å². The van der Waals surface area contributed by atoms with E-state index in [1.54, 1.807) is 0 Å². The molecule has 3 nitrogen and oxygen atoms in total. The Bertz CT molecular complexity index is 711. The predicted molar refractivity (Wildman–Crippen MR) is 126 cm³/mol. The molecule has 0 unspecified atom stereocenters. The lowest BCUT2D eigenvalue weighted by Gasteiger charge is -2.58. The monoisotopic (exact) mass is 430 g/mol. The van der Waals surface area contributed by atoms with Gasteiger partial charge < -0.3 is 15.3 Å². The van der Waals surface area contributed by atoms with E-state index in [0.717, 1.165) is 57.8 Å². The van der Waals surface area contributed by atoms with Gasteiger partial charge in [-0.3, -0.25) is 0 Å². The van der Waals surface area contributed by atoms with Crippen LogP contribution in [0.15, 0.2) is 23.8 Å². The van der Waals surface area contributed by atoms with E-state index in [9.17, 15) is 15.3 Å². The molecule has 3 fully saturated rings. The van der Waals surface area contributed by atoms with Crippen LogP contribution in [0.1, 0.15) is 85.5 Å². The minimum absolute atomic E-state index is 0.130. The van der Waals surface area contributed by atoms with Crippen molar-refractivity contribution in [1.82, 2.24) is 0 Å². The van der Waals surface area contributed by atoms with Gasteiger partial charge in [-0.2, -0.15) is 0 Å². The Hall–Kier alpha value is -0.640. The average molecular weight is 431 g/mol. The van der Waals surface area contributed by atoms with E-state index in [2.05, 4.69) is 40.3 Å². The van der Waals surface area contributed by atoms with Gasteiger partial charge in [0.1, 0.15) is 0 Å². The molecule has 0 amide bonds. The average Bonchev–Trinajstić information content (AvgIpc) is 3.04. The Morgan fingerprint density at radius 1 is 1.16 bits per heavy atom. The lowest BCUT2D eigenvalue weighted by Crippen LogP contribution is -2.53. The summed E-state index contributed by atoms with van der Waals surface area (Å²) in [6, 6.07) is 0. The van der Waals surface area contributed by atoms with E-state index in [0.29, 0.717) is 29.6 Å². The van der Waals surface area contributed by atoms with Crippen molar-refractivity contribution in [2.75, 3.05) is 6.61 Å². The fraction of sp³-hybridized carbons (Fsp3) is 0.857. The van der Waals surface area contributed by atoms with Crippen LogP contribution in [-0.4, -0.2) is 34.1 Å². The van der Waals surface area contributed by atoms with Crippen molar-refractivity contribution in [2.45, 2.75) is 97.7 Å². The van der Waals surface area contributed by atoms with Crippen molar-refractivity contribution >= 4 is 0 Å². The molecule has 3 N–H and O–H groups in total. The highest BCUT2D eigenvalue weighted by Gasteiger charge is 2.63. The Balaban J connectivity index is 1.57. The molecule has 176 valence electrons. The van der Waals surface area contributed by atoms with Crippen LogP contribution in [-0.2, 0) is 0 Å². The SMILES string of the molecule is C=C(CC[C@@H](C)[C@H]1[C@@H](O)C[C@H]2[C@@H]3CC=C4C[C@@H](O)CC[C@]4(C)[C@H]3CC[C@]12CO)C(C)C. The summed E-state index contributed by atoms with van der Waals surface area (Å²) in [6.45, 7) is 13.6. The molecule has 3 saturated carbocycles. The number of allylic oxidation sites excluding steroid dienone is 2. The Labute approximate surface area is 190 Å². The predicted octanol–water partition coefficient (Wildman–Crippen LogP) is 5.50. The number of rotatable bonds is 6. The Morgan fingerprint density at radius 3 is 2.58 bits per heavy atom. The van der Waals surface area contributed by atoms with Gasteiger partial charge in [-0.15, -0.1) is 0 Å². The molecular formula is C28H46O3. The number of fused-ring (bicyclic) bond motifs is 5. The van der Waals surface area contributed by atoms with Gasteiger partial charge in [0.25, 0.3) is 0 Å². The number of hydrogen-bond acceptors (Lipinski definition) is 3. The quantitative estimate of drug-likeness (QED) is 0.488. The zero-order chi connectivity index (χ0) is 22.6. The summed E-state index contributed by atoms with van der Waals surface area (Å²) < 4.78 is 0. The third-order valence-corrected chi connectivity index (χ3v) is 10.6. The highest BCUT2D eigenvalue weighted by Crippen LogP contribution is 2.67. The summed E-state index contributed by atoms with van der Waals surface area (Å²) >= 11 is 0. The fourth-order valence-corrected chi connectivity index (χ4v) is 8.63. The van der Waals surface area contributed by atoms with E-state index in [-0.39, 0.29) is 35.6 Å². The minimum Gasteiger partial charge on any atom is -0.396 e. The third kappa shape index (κ3) is 3.77. The number of aliphatic hydroxyl groups is 3. The highest BCUT2D eigenvalue weighted by molar-refractivity contribution is 5.26. The van der Waals surface area contributed by atoms with Crippen molar-refractivity contribution in [3.05, 3.63) is 23.8 Å².